The number of pyridine rings is 1. The SMILES string of the molecule is Cc1ccn2c(NCc3ccccc3)c(-c3cccc(OS(=O)(=O)c4cccc(C(F)(F)F)c4)c3)nc2c1. The van der Waals surface area contributed by atoms with Crippen LogP contribution in [0.15, 0.2) is 102 Å². The number of hydrogen-bond donors (Lipinski definition) is 1. The molecule has 0 aliphatic heterocycles. The Balaban J connectivity index is 1.50. The highest BCUT2D eigenvalue weighted by Crippen LogP contribution is 2.34. The molecule has 0 spiro atoms. The molecule has 0 aliphatic carbocycles. The van der Waals surface area contributed by atoms with Gasteiger partial charge in [0.2, 0.25) is 0 Å². The molecule has 6 nitrogen and oxygen atoms in total. The van der Waals surface area contributed by atoms with Crippen LogP contribution in [0.2, 0.25) is 0 Å². The number of benzene rings is 3. The predicted molar refractivity (Wildman–Crippen MR) is 138 cm³/mol. The molecule has 0 unspecified atom stereocenters. The second-order valence-electron chi connectivity index (χ2n) is 8.67. The van der Waals surface area contributed by atoms with Crippen LogP contribution in [0.5, 0.6) is 5.75 Å². The molecular weight excluding hydrogens is 515 g/mol. The van der Waals surface area contributed by atoms with Crippen LogP contribution in [0.4, 0.5) is 19.0 Å². The lowest BCUT2D eigenvalue weighted by Gasteiger charge is -2.12. The molecule has 0 atom stereocenters. The molecule has 2 heterocycles. The lowest BCUT2D eigenvalue weighted by Crippen LogP contribution is -2.12. The maximum atomic E-state index is 13.1. The summed E-state index contributed by atoms with van der Waals surface area (Å²) >= 11 is 0. The van der Waals surface area contributed by atoms with E-state index in [4.69, 9.17) is 9.17 Å². The van der Waals surface area contributed by atoms with E-state index in [-0.39, 0.29) is 5.75 Å². The van der Waals surface area contributed by atoms with Gasteiger partial charge in [0.05, 0.1) is 5.56 Å². The fourth-order valence-corrected chi connectivity index (χ4v) is 4.97. The zero-order chi connectivity index (χ0) is 26.9. The van der Waals surface area contributed by atoms with Crippen molar-refractivity contribution in [3.63, 3.8) is 0 Å². The number of aromatic nitrogens is 2. The van der Waals surface area contributed by atoms with Crippen LogP contribution in [0.1, 0.15) is 16.7 Å². The van der Waals surface area contributed by atoms with Crippen molar-refractivity contribution < 1.29 is 25.8 Å². The first-order valence-electron chi connectivity index (χ1n) is 11.6. The van der Waals surface area contributed by atoms with E-state index in [1.54, 1.807) is 12.1 Å². The summed E-state index contributed by atoms with van der Waals surface area (Å²) in [6.45, 7) is 2.48. The third kappa shape index (κ3) is 5.35. The molecule has 10 heteroatoms. The molecule has 3 aromatic carbocycles. The van der Waals surface area contributed by atoms with Crippen LogP contribution in [0.3, 0.4) is 0 Å². The fourth-order valence-electron chi connectivity index (χ4n) is 4.00. The smallest absolute Gasteiger partial charge is 0.379 e. The molecule has 0 saturated heterocycles. The van der Waals surface area contributed by atoms with Gasteiger partial charge in [0.25, 0.3) is 0 Å². The van der Waals surface area contributed by atoms with Crippen LogP contribution >= 0.6 is 0 Å². The Morgan fingerprint density at radius 3 is 2.45 bits per heavy atom. The number of nitrogens with zero attached hydrogens (tertiary/aromatic N) is 2. The largest absolute Gasteiger partial charge is 0.416 e. The Bertz CT molecular complexity index is 1720. The third-order valence-electron chi connectivity index (χ3n) is 5.85. The molecule has 0 amide bonds. The van der Waals surface area contributed by atoms with Gasteiger partial charge in [-0.25, -0.2) is 4.98 Å². The van der Waals surface area contributed by atoms with Gasteiger partial charge in [-0.2, -0.15) is 21.6 Å². The molecule has 5 rings (SSSR count). The third-order valence-corrected chi connectivity index (χ3v) is 7.09. The summed E-state index contributed by atoms with van der Waals surface area (Å²) in [5, 5.41) is 3.42. The van der Waals surface area contributed by atoms with Gasteiger partial charge in [-0.05, 0) is 60.5 Å². The minimum atomic E-state index is -4.68. The number of anilines is 1. The van der Waals surface area contributed by atoms with Gasteiger partial charge in [0.15, 0.2) is 0 Å². The Morgan fingerprint density at radius 2 is 1.68 bits per heavy atom. The summed E-state index contributed by atoms with van der Waals surface area (Å²) in [5.74, 6) is 0.642. The molecule has 194 valence electrons. The minimum absolute atomic E-state index is 0.0536. The number of alkyl halides is 3. The Kier molecular flexibility index (Phi) is 6.58. The zero-order valence-corrected chi connectivity index (χ0v) is 20.9. The van der Waals surface area contributed by atoms with E-state index in [0.717, 1.165) is 29.3 Å². The van der Waals surface area contributed by atoms with Crippen LogP contribution in [-0.2, 0) is 22.8 Å². The Labute approximate surface area is 217 Å². The topological polar surface area (TPSA) is 72.7 Å². The Hall–Kier alpha value is -4.31. The summed E-state index contributed by atoms with van der Waals surface area (Å²) in [5.41, 5.74) is 2.83. The highest BCUT2D eigenvalue weighted by Gasteiger charge is 2.32. The van der Waals surface area contributed by atoms with Crippen molar-refractivity contribution in [3.05, 3.63) is 114 Å². The monoisotopic (exact) mass is 537 g/mol. The summed E-state index contributed by atoms with van der Waals surface area (Å²) < 4.78 is 72.0. The normalized spacial score (nSPS) is 12.0. The summed E-state index contributed by atoms with van der Waals surface area (Å²) in [7, 11) is -4.52. The quantitative estimate of drug-likeness (QED) is 0.234. The predicted octanol–water partition coefficient (Wildman–Crippen LogP) is 6.71. The first kappa shape index (κ1) is 25.3. The number of nitrogens with one attached hydrogen (secondary N) is 1. The van der Waals surface area contributed by atoms with Crippen molar-refractivity contribution in [1.29, 1.82) is 0 Å². The molecular formula is C28H22F3N3O3S. The van der Waals surface area contributed by atoms with Gasteiger partial charge in [0, 0.05) is 18.3 Å². The van der Waals surface area contributed by atoms with Crippen molar-refractivity contribution in [2.75, 3.05) is 5.32 Å². The highest BCUT2D eigenvalue weighted by atomic mass is 32.2. The first-order chi connectivity index (χ1) is 18.1. The molecule has 5 aromatic rings. The number of hydrogen-bond acceptors (Lipinski definition) is 5. The number of halogens is 3. The van der Waals surface area contributed by atoms with E-state index >= 15 is 0 Å². The van der Waals surface area contributed by atoms with Gasteiger partial charge in [-0.3, -0.25) is 4.40 Å². The first-order valence-corrected chi connectivity index (χ1v) is 13.0. The van der Waals surface area contributed by atoms with Crippen molar-refractivity contribution in [3.8, 4) is 17.0 Å². The molecule has 0 radical (unpaired) electrons. The van der Waals surface area contributed by atoms with E-state index < -0.39 is 26.8 Å². The summed E-state index contributed by atoms with van der Waals surface area (Å²) in [6.07, 6.45) is -2.79. The van der Waals surface area contributed by atoms with E-state index in [1.807, 2.05) is 60.0 Å². The van der Waals surface area contributed by atoms with E-state index in [2.05, 4.69) is 5.32 Å². The number of imidazole rings is 1. The second kappa shape index (κ2) is 9.86. The van der Waals surface area contributed by atoms with Crippen molar-refractivity contribution in [1.82, 2.24) is 9.38 Å². The molecule has 0 saturated carbocycles. The van der Waals surface area contributed by atoms with Gasteiger partial charge >= 0.3 is 16.3 Å². The lowest BCUT2D eigenvalue weighted by molar-refractivity contribution is -0.137. The van der Waals surface area contributed by atoms with Gasteiger partial charge in [0.1, 0.15) is 27.8 Å². The van der Waals surface area contributed by atoms with E-state index in [1.165, 1.54) is 12.1 Å². The van der Waals surface area contributed by atoms with Crippen molar-refractivity contribution in [2.24, 2.45) is 0 Å². The summed E-state index contributed by atoms with van der Waals surface area (Å²) in [6, 6.07) is 23.4. The van der Waals surface area contributed by atoms with Crippen LogP contribution in [0.25, 0.3) is 16.9 Å². The summed E-state index contributed by atoms with van der Waals surface area (Å²) in [4.78, 5) is 4.17. The standard InChI is InChI=1S/C28H22F3N3O3S/c1-19-13-14-34-25(15-19)33-26(27(34)32-18-20-7-3-2-4-8-20)21-9-5-11-23(16-21)37-38(35,36)24-12-6-10-22(17-24)28(29,30)31/h2-17,32H,18H2,1H3. The van der Waals surface area contributed by atoms with E-state index in [9.17, 15) is 21.6 Å². The lowest BCUT2D eigenvalue weighted by atomic mass is 10.1. The molecule has 0 aliphatic rings. The van der Waals surface area contributed by atoms with Crippen LogP contribution in [0, 0.1) is 6.92 Å². The van der Waals surface area contributed by atoms with Gasteiger partial charge < -0.3 is 9.50 Å². The number of fused-ring (bicyclic) bond motifs is 1. The average Bonchev–Trinajstić information content (AvgIpc) is 3.25. The molecule has 2 aromatic heterocycles. The highest BCUT2D eigenvalue weighted by molar-refractivity contribution is 7.87. The minimum Gasteiger partial charge on any atom is -0.379 e. The maximum absolute atomic E-state index is 13.1. The number of aryl methyl sites for hydroxylation is 1. The molecule has 0 bridgehead atoms. The van der Waals surface area contributed by atoms with Crippen molar-refractivity contribution in [2.45, 2.75) is 24.5 Å². The molecule has 38 heavy (non-hydrogen) atoms. The number of rotatable bonds is 7. The van der Waals surface area contributed by atoms with Crippen LogP contribution in [-0.4, -0.2) is 17.8 Å². The van der Waals surface area contributed by atoms with Crippen LogP contribution < -0.4 is 9.50 Å². The van der Waals surface area contributed by atoms with E-state index in [0.29, 0.717) is 35.3 Å². The average molecular weight is 538 g/mol. The maximum Gasteiger partial charge on any atom is 0.416 e. The van der Waals surface area contributed by atoms with Gasteiger partial charge in [-0.15, -0.1) is 0 Å². The zero-order valence-electron chi connectivity index (χ0n) is 20.1. The second-order valence-corrected chi connectivity index (χ2v) is 10.2. The van der Waals surface area contributed by atoms with Gasteiger partial charge in [-0.1, -0.05) is 48.5 Å². The van der Waals surface area contributed by atoms with Crippen molar-refractivity contribution >= 4 is 21.6 Å². The molecule has 0 fully saturated rings. The molecule has 1 N–H and O–H groups in total. The fraction of sp³-hybridized carbons (Fsp3) is 0.107. The Morgan fingerprint density at radius 1 is 0.921 bits per heavy atom.